The standard InChI is InChI=1S/C24H21NO5/c1-14-10-18-21(11-15(14)2)30-22-12-16(8-9-17(22)24(18)27)25-23(26)13-29-20-7-5-4-6-19(20)28-3/h4-12H,13H2,1-3H3,(H,25,26). The molecule has 30 heavy (non-hydrogen) atoms. The van der Waals surface area contributed by atoms with Crippen molar-refractivity contribution >= 4 is 33.5 Å². The Labute approximate surface area is 173 Å². The quantitative estimate of drug-likeness (QED) is 0.493. The molecule has 0 unspecified atom stereocenters. The SMILES string of the molecule is COc1ccccc1OCC(=O)Nc1ccc2c(=O)c3cc(C)c(C)cc3oc2c1. The maximum Gasteiger partial charge on any atom is 0.262 e. The van der Waals surface area contributed by atoms with Gasteiger partial charge in [-0.3, -0.25) is 9.59 Å². The van der Waals surface area contributed by atoms with Crippen LogP contribution in [-0.4, -0.2) is 19.6 Å². The molecule has 6 heteroatoms. The van der Waals surface area contributed by atoms with E-state index in [-0.39, 0.29) is 17.9 Å². The van der Waals surface area contributed by atoms with E-state index in [4.69, 9.17) is 13.9 Å². The molecule has 6 nitrogen and oxygen atoms in total. The van der Waals surface area contributed by atoms with Gasteiger partial charge in [0.15, 0.2) is 18.1 Å². The number of benzene rings is 3. The Morgan fingerprint density at radius 3 is 2.40 bits per heavy atom. The Bertz CT molecular complexity index is 1320. The third kappa shape index (κ3) is 3.72. The van der Waals surface area contributed by atoms with Crippen LogP contribution in [0, 0.1) is 13.8 Å². The van der Waals surface area contributed by atoms with E-state index in [1.807, 2.05) is 32.0 Å². The van der Waals surface area contributed by atoms with E-state index < -0.39 is 0 Å². The van der Waals surface area contributed by atoms with Crippen molar-refractivity contribution in [2.45, 2.75) is 13.8 Å². The zero-order chi connectivity index (χ0) is 21.3. The van der Waals surface area contributed by atoms with Crippen LogP contribution in [0.3, 0.4) is 0 Å². The molecular weight excluding hydrogens is 382 g/mol. The number of aryl methyl sites for hydroxylation is 2. The lowest BCUT2D eigenvalue weighted by atomic mass is 10.1. The fraction of sp³-hybridized carbons (Fsp3) is 0.167. The number of para-hydroxylation sites is 2. The summed E-state index contributed by atoms with van der Waals surface area (Å²) in [5.41, 5.74) is 3.45. The van der Waals surface area contributed by atoms with Crippen molar-refractivity contribution in [2.75, 3.05) is 19.0 Å². The minimum Gasteiger partial charge on any atom is -0.493 e. The first-order valence-corrected chi connectivity index (χ1v) is 9.50. The Morgan fingerprint density at radius 2 is 1.63 bits per heavy atom. The van der Waals surface area contributed by atoms with Gasteiger partial charge in [0.1, 0.15) is 11.2 Å². The third-order valence-corrected chi connectivity index (χ3v) is 5.00. The van der Waals surface area contributed by atoms with Crippen molar-refractivity contribution < 1.29 is 18.7 Å². The molecule has 1 heterocycles. The summed E-state index contributed by atoms with van der Waals surface area (Å²) in [6, 6.07) is 15.8. The van der Waals surface area contributed by atoms with Gasteiger partial charge in [0.2, 0.25) is 5.43 Å². The lowest BCUT2D eigenvalue weighted by Crippen LogP contribution is -2.20. The molecule has 0 fully saturated rings. The Kier molecular flexibility index (Phi) is 5.14. The van der Waals surface area contributed by atoms with Crippen LogP contribution in [0.5, 0.6) is 11.5 Å². The van der Waals surface area contributed by atoms with Crippen molar-refractivity contribution in [1.82, 2.24) is 0 Å². The third-order valence-electron chi connectivity index (χ3n) is 5.00. The van der Waals surface area contributed by atoms with Crippen molar-refractivity contribution in [3.63, 3.8) is 0 Å². The molecule has 0 radical (unpaired) electrons. The molecule has 0 saturated heterocycles. The van der Waals surface area contributed by atoms with E-state index in [1.165, 1.54) is 7.11 Å². The average molecular weight is 403 g/mol. The van der Waals surface area contributed by atoms with Crippen LogP contribution >= 0.6 is 0 Å². The molecular formula is C24H21NO5. The molecule has 152 valence electrons. The van der Waals surface area contributed by atoms with E-state index in [1.54, 1.807) is 36.4 Å². The smallest absolute Gasteiger partial charge is 0.262 e. The number of methoxy groups -OCH3 is 1. The molecule has 4 rings (SSSR count). The van der Waals surface area contributed by atoms with Gasteiger partial charge in [-0.05, 0) is 61.4 Å². The Morgan fingerprint density at radius 1 is 0.933 bits per heavy atom. The molecule has 3 aromatic carbocycles. The lowest BCUT2D eigenvalue weighted by Gasteiger charge is -2.11. The number of carbonyl (C=O) groups is 1. The van der Waals surface area contributed by atoms with Crippen molar-refractivity contribution in [3.05, 3.63) is 75.9 Å². The Hall–Kier alpha value is -3.80. The largest absolute Gasteiger partial charge is 0.493 e. The predicted molar refractivity (Wildman–Crippen MR) is 117 cm³/mol. The molecule has 4 aromatic rings. The van der Waals surface area contributed by atoms with Gasteiger partial charge in [-0.1, -0.05) is 12.1 Å². The Balaban J connectivity index is 1.57. The molecule has 1 N–H and O–H groups in total. The first kappa shape index (κ1) is 19.5. The van der Waals surface area contributed by atoms with Crippen LogP contribution in [0.1, 0.15) is 11.1 Å². The van der Waals surface area contributed by atoms with Gasteiger partial charge in [-0.2, -0.15) is 0 Å². The normalized spacial score (nSPS) is 10.9. The van der Waals surface area contributed by atoms with E-state index in [9.17, 15) is 9.59 Å². The summed E-state index contributed by atoms with van der Waals surface area (Å²) < 4.78 is 16.7. The number of hydrogen-bond acceptors (Lipinski definition) is 5. The summed E-state index contributed by atoms with van der Waals surface area (Å²) in [5.74, 6) is 0.696. The first-order chi connectivity index (χ1) is 14.5. The predicted octanol–water partition coefficient (Wildman–Crippen LogP) is 4.59. The average Bonchev–Trinajstić information content (AvgIpc) is 2.74. The number of carbonyl (C=O) groups excluding carboxylic acids is 1. The monoisotopic (exact) mass is 403 g/mol. The van der Waals surface area contributed by atoms with Gasteiger partial charge < -0.3 is 19.2 Å². The number of anilines is 1. The summed E-state index contributed by atoms with van der Waals surface area (Å²) in [7, 11) is 1.54. The van der Waals surface area contributed by atoms with Crippen LogP contribution in [0.2, 0.25) is 0 Å². The second-order valence-electron chi connectivity index (χ2n) is 7.06. The van der Waals surface area contributed by atoms with Crippen LogP contribution < -0.4 is 20.2 Å². The van der Waals surface area contributed by atoms with Crippen LogP contribution in [0.25, 0.3) is 21.9 Å². The van der Waals surface area contributed by atoms with Gasteiger partial charge in [0.05, 0.1) is 17.9 Å². The molecule has 0 aliphatic heterocycles. The van der Waals surface area contributed by atoms with Gasteiger partial charge in [-0.15, -0.1) is 0 Å². The van der Waals surface area contributed by atoms with Crippen molar-refractivity contribution in [1.29, 1.82) is 0 Å². The van der Waals surface area contributed by atoms with E-state index in [2.05, 4.69) is 5.32 Å². The highest BCUT2D eigenvalue weighted by molar-refractivity contribution is 5.96. The molecule has 0 atom stereocenters. The maximum atomic E-state index is 12.8. The molecule has 1 aromatic heterocycles. The van der Waals surface area contributed by atoms with Crippen molar-refractivity contribution in [3.8, 4) is 11.5 Å². The number of nitrogens with one attached hydrogen (secondary N) is 1. The van der Waals surface area contributed by atoms with Gasteiger partial charge in [-0.25, -0.2) is 0 Å². The zero-order valence-corrected chi connectivity index (χ0v) is 16.9. The highest BCUT2D eigenvalue weighted by atomic mass is 16.5. The molecule has 0 bridgehead atoms. The molecule has 0 aliphatic rings. The minimum atomic E-state index is -0.338. The number of ether oxygens (including phenoxy) is 2. The van der Waals surface area contributed by atoms with Gasteiger partial charge in [0.25, 0.3) is 5.91 Å². The molecule has 0 aliphatic carbocycles. The lowest BCUT2D eigenvalue weighted by molar-refractivity contribution is -0.118. The topological polar surface area (TPSA) is 77.8 Å². The molecule has 1 amide bonds. The van der Waals surface area contributed by atoms with Crippen LogP contribution in [0.15, 0.2) is 63.8 Å². The second-order valence-corrected chi connectivity index (χ2v) is 7.06. The summed E-state index contributed by atoms with van der Waals surface area (Å²) in [5, 5.41) is 3.78. The molecule has 0 saturated carbocycles. The summed E-state index contributed by atoms with van der Waals surface area (Å²) in [4.78, 5) is 25.1. The minimum absolute atomic E-state index is 0.0910. The fourth-order valence-electron chi connectivity index (χ4n) is 3.27. The molecule has 0 spiro atoms. The second kappa shape index (κ2) is 7.91. The number of amides is 1. The summed E-state index contributed by atoms with van der Waals surface area (Å²) in [6.07, 6.45) is 0. The van der Waals surface area contributed by atoms with E-state index in [0.29, 0.717) is 39.1 Å². The van der Waals surface area contributed by atoms with Crippen LogP contribution in [0.4, 0.5) is 5.69 Å². The van der Waals surface area contributed by atoms with Crippen LogP contribution in [-0.2, 0) is 4.79 Å². The number of rotatable bonds is 5. The van der Waals surface area contributed by atoms with Gasteiger partial charge in [0, 0.05) is 11.8 Å². The van der Waals surface area contributed by atoms with E-state index in [0.717, 1.165) is 11.1 Å². The highest BCUT2D eigenvalue weighted by Gasteiger charge is 2.12. The number of hydrogen-bond donors (Lipinski definition) is 1. The fourth-order valence-corrected chi connectivity index (χ4v) is 3.27. The zero-order valence-electron chi connectivity index (χ0n) is 16.9. The highest BCUT2D eigenvalue weighted by Crippen LogP contribution is 2.26. The first-order valence-electron chi connectivity index (χ1n) is 9.50. The summed E-state index contributed by atoms with van der Waals surface area (Å²) >= 11 is 0. The number of fused-ring (bicyclic) bond motifs is 2. The van der Waals surface area contributed by atoms with E-state index >= 15 is 0 Å². The van der Waals surface area contributed by atoms with Crippen molar-refractivity contribution in [2.24, 2.45) is 0 Å². The maximum absolute atomic E-state index is 12.8. The van der Waals surface area contributed by atoms with Gasteiger partial charge >= 0.3 is 0 Å². The summed E-state index contributed by atoms with van der Waals surface area (Å²) in [6.45, 7) is 3.75.